The number of hydrogen-bond acceptors (Lipinski definition) is 5. The number of anilines is 1. The van der Waals surface area contributed by atoms with Gasteiger partial charge in [0.25, 0.3) is 5.91 Å². The topological polar surface area (TPSA) is 90.4 Å². The number of nitrogens with zero attached hydrogens (tertiary/aromatic N) is 1. The van der Waals surface area contributed by atoms with E-state index in [1.54, 1.807) is 0 Å². The van der Waals surface area contributed by atoms with Crippen LogP contribution in [0.25, 0.3) is 0 Å². The summed E-state index contributed by atoms with van der Waals surface area (Å²) < 4.78 is 48.2. The molecule has 0 spiro atoms. The van der Waals surface area contributed by atoms with Gasteiger partial charge in [-0.15, -0.1) is 12.4 Å². The van der Waals surface area contributed by atoms with Crippen LogP contribution in [0.2, 0.25) is 0 Å². The SMILES string of the molecule is COCc1cc(C(=O)Nc2cc(CN)cc(C(F)(F)F)c2)no1.Cl. The van der Waals surface area contributed by atoms with Gasteiger partial charge in [0.2, 0.25) is 0 Å². The van der Waals surface area contributed by atoms with Crippen LogP contribution >= 0.6 is 12.4 Å². The number of ether oxygens (including phenoxy) is 1. The van der Waals surface area contributed by atoms with Gasteiger partial charge in [0.1, 0.15) is 6.61 Å². The van der Waals surface area contributed by atoms with E-state index in [4.69, 9.17) is 15.0 Å². The molecule has 0 saturated carbocycles. The van der Waals surface area contributed by atoms with Gasteiger partial charge in [0.15, 0.2) is 11.5 Å². The van der Waals surface area contributed by atoms with E-state index >= 15 is 0 Å². The number of hydrogen-bond donors (Lipinski definition) is 2. The zero-order chi connectivity index (χ0) is 17.0. The Bertz CT molecular complexity index is 704. The van der Waals surface area contributed by atoms with Crippen molar-refractivity contribution in [2.75, 3.05) is 12.4 Å². The number of methoxy groups -OCH3 is 1. The average Bonchev–Trinajstić information content (AvgIpc) is 2.95. The fraction of sp³-hybridized carbons (Fsp3) is 0.286. The van der Waals surface area contributed by atoms with Crippen LogP contribution in [0.15, 0.2) is 28.8 Å². The van der Waals surface area contributed by atoms with E-state index in [9.17, 15) is 18.0 Å². The first kappa shape index (κ1) is 19.9. The summed E-state index contributed by atoms with van der Waals surface area (Å²) in [5, 5.41) is 5.87. The number of halogens is 4. The van der Waals surface area contributed by atoms with Crippen molar-refractivity contribution in [2.45, 2.75) is 19.3 Å². The first-order chi connectivity index (χ1) is 10.8. The molecule has 0 aliphatic rings. The number of amides is 1. The summed E-state index contributed by atoms with van der Waals surface area (Å²) in [6.45, 7) is 0.0376. The van der Waals surface area contributed by atoms with E-state index in [2.05, 4.69) is 10.5 Å². The fourth-order valence-electron chi connectivity index (χ4n) is 1.87. The lowest BCUT2D eigenvalue weighted by molar-refractivity contribution is -0.137. The summed E-state index contributed by atoms with van der Waals surface area (Å²) in [6, 6.07) is 4.47. The molecule has 1 aromatic heterocycles. The number of carbonyl (C=O) groups is 1. The minimum Gasteiger partial charge on any atom is -0.377 e. The number of aromatic nitrogens is 1. The lowest BCUT2D eigenvalue weighted by Crippen LogP contribution is -2.14. The Kier molecular flexibility index (Phi) is 6.76. The summed E-state index contributed by atoms with van der Waals surface area (Å²) in [7, 11) is 1.44. The van der Waals surface area contributed by atoms with Crippen LogP contribution in [0.5, 0.6) is 0 Å². The summed E-state index contributed by atoms with van der Waals surface area (Å²) in [5.41, 5.74) is 4.65. The Hall–Kier alpha value is -2.10. The van der Waals surface area contributed by atoms with E-state index < -0.39 is 17.6 Å². The summed E-state index contributed by atoms with van der Waals surface area (Å²) >= 11 is 0. The number of nitrogens with one attached hydrogen (secondary N) is 1. The van der Waals surface area contributed by atoms with Crippen LogP contribution in [0.4, 0.5) is 18.9 Å². The zero-order valence-electron chi connectivity index (χ0n) is 12.5. The minimum atomic E-state index is -4.54. The molecule has 1 amide bonds. The average molecular weight is 366 g/mol. The molecule has 0 radical (unpaired) electrons. The van der Waals surface area contributed by atoms with Crippen LogP contribution in [0.1, 0.15) is 27.4 Å². The molecular weight excluding hydrogens is 351 g/mol. The van der Waals surface area contributed by atoms with Crippen molar-refractivity contribution >= 4 is 24.0 Å². The summed E-state index contributed by atoms with van der Waals surface area (Å²) in [5.74, 6) is -0.372. The second kappa shape index (κ2) is 8.13. The molecule has 0 aliphatic carbocycles. The molecule has 0 bridgehead atoms. The lowest BCUT2D eigenvalue weighted by atomic mass is 10.1. The molecule has 2 aromatic rings. The molecule has 3 N–H and O–H groups in total. The van der Waals surface area contributed by atoms with E-state index in [0.717, 1.165) is 12.1 Å². The number of alkyl halides is 3. The highest BCUT2D eigenvalue weighted by atomic mass is 35.5. The molecular formula is C14H15ClF3N3O3. The van der Waals surface area contributed by atoms with E-state index in [1.165, 1.54) is 19.2 Å². The monoisotopic (exact) mass is 365 g/mol. The van der Waals surface area contributed by atoms with Crippen LogP contribution in [-0.2, 0) is 24.1 Å². The van der Waals surface area contributed by atoms with Crippen LogP contribution in [-0.4, -0.2) is 18.2 Å². The first-order valence-corrected chi connectivity index (χ1v) is 6.50. The Morgan fingerprint density at radius 1 is 1.33 bits per heavy atom. The third-order valence-corrected chi connectivity index (χ3v) is 2.89. The third kappa shape index (κ3) is 4.95. The molecule has 10 heteroatoms. The second-order valence-corrected chi connectivity index (χ2v) is 4.69. The van der Waals surface area contributed by atoms with Crippen molar-refractivity contribution in [3.63, 3.8) is 0 Å². The lowest BCUT2D eigenvalue weighted by Gasteiger charge is -2.11. The summed E-state index contributed by atoms with van der Waals surface area (Å²) in [4.78, 5) is 12.0. The van der Waals surface area contributed by atoms with Gasteiger partial charge in [-0.2, -0.15) is 13.2 Å². The molecule has 0 fully saturated rings. The smallest absolute Gasteiger partial charge is 0.377 e. The molecule has 1 aromatic carbocycles. The van der Waals surface area contributed by atoms with Gasteiger partial charge in [0.05, 0.1) is 5.56 Å². The van der Waals surface area contributed by atoms with E-state index in [1.807, 2.05) is 0 Å². The van der Waals surface area contributed by atoms with Crippen molar-refractivity contribution in [1.29, 1.82) is 0 Å². The molecule has 132 valence electrons. The maximum Gasteiger partial charge on any atom is 0.416 e. The predicted octanol–water partition coefficient (Wildman–Crippen LogP) is 2.97. The number of carbonyl (C=O) groups excluding carboxylic acids is 1. The standard InChI is InChI=1S/C14H14F3N3O3.ClH/c1-22-7-11-5-12(20-23-11)13(21)19-10-3-8(6-18)2-9(4-10)14(15,16)17;/h2-5H,6-7,18H2,1H3,(H,19,21);1H. The van der Waals surface area contributed by atoms with Gasteiger partial charge in [-0.1, -0.05) is 5.16 Å². The van der Waals surface area contributed by atoms with Gasteiger partial charge < -0.3 is 20.3 Å². The molecule has 24 heavy (non-hydrogen) atoms. The van der Waals surface area contributed by atoms with E-state index in [-0.39, 0.29) is 42.5 Å². The van der Waals surface area contributed by atoms with Crippen molar-refractivity contribution in [3.8, 4) is 0 Å². The highest BCUT2D eigenvalue weighted by Crippen LogP contribution is 2.32. The number of benzene rings is 1. The van der Waals surface area contributed by atoms with Crippen molar-refractivity contribution in [2.24, 2.45) is 5.73 Å². The third-order valence-electron chi connectivity index (χ3n) is 2.89. The van der Waals surface area contributed by atoms with Crippen molar-refractivity contribution < 1.29 is 27.2 Å². The Balaban J connectivity index is 0.00000288. The van der Waals surface area contributed by atoms with Gasteiger partial charge in [-0.05, 0) is 23.8 Å². The van der Waals surface area contributed by atoms with Gasteiger partial charge in [0, 0.05) is 25.4 Å². The number of nitrogens with two attached hydrogens (primary N) is 1. The van der Waals surface area contributed by atoms with Crippen molar-refractivity contribution in [1.82, 2.24) is 5.16 Å². The molecule has 0 saturated heterocycles. The quantitative estimate of drug-likeness (QED) is 0.850. The predicted molar refractivity (Wildman–Crippen MR) is 81.8 cm³/mol. The van der Waals surface area contributed by atoms with E-state index in [0.29, 0.717) is 5.76 Å². The highest BCUT2D eigenvalue weighted by molar-refractivity contribution is 6.02. The largest absolute Gasteiger partial charge is 0.416 e. The zero-order valence-corrected chi connectivity index (χ0v) is 13.3. The molecule has 1 heterocycles. The minimum absolute atomic E-state index is 0. The normalized spacial score (nSPS) is 11.0. The first-order valence-electron chi connectivity index (χ1n) is 6.50. The molecule has 2 rings (SSSR count). The maximum absolute atomic E-state index is 12.8. The Morgan fingerprint density at radius 2 is 2.04 bits per heavy atom. The van der Waals surface area contributed by atoms with Gasteiger partial charge in [-0.25, -0.2) is 0 Å². The molecule has 6 nitrogen and oxygen atoms in total. The summed E-state index contributed by atoms with van der Waals surface area (Å²) in [6.07, 6.45) is -4.54. The fourth-order valence-corrected chi connectivity index (χ4v) is 1.87. The second-order valence-electron chi connectivity index (χ2n) is 4.69. The highest BCUT2D eigenvalue weighted by Gasteiger charge is 2.31. The number of rotatable bonds is 5. The maximum atomic E-state index is 12.8. The van der Waals surface area contributed by atoms with Crippen LogP contribution in [0.3, 0.4) is 0 Å². The van der Waals surface area contributed by atoms with Crippen LogP contribution in [0, 0.1) is 0 Å². The molecule has 0 atom stereocenters. The Morgan fingerprint density at radius 3 is 2.62 bits per heavy atom. The Labute approximate surface area is 141 Å². The van der Waals surface area contributed by atoms with Gasteiger partial charge >= 0.3 is 6.18 Å². The molecule has 0 aliphatic heterocycles. The van der Waals surface area contributed by atoms with Gasteiger partial charge in [-0.3, -0.25) is 4.79 Å². The van der Waals surface area contributed by atoms with Crippen LogP contribution < -0.4 is 11.1 Å². The molecule has 0 unspecified atom stereocenters. The van der Waals surface area contributed by atoms with Crippen molar-refractivity contribution in [3.05, 3.63) is 46.8 Å².